The Hall–Kier alpha value is -1.63. The van der Waals surface area contributed by atoms with Crippen LogP contribution in [0.25, 0.3) is 11.4 Å². The smallest absolute Gasteiger partial charge is 0.383 e. The molecule has 0 radical (unpaired) electrons. The summed E-state index contributed by atoms with van der Waals surface area (Å²) in [7, 11) is 0. The lowest BCUT2D eigenvalue weighted by atomic mass is 10.1. The summed E-state index contributed by atoms with van der Waals surface area (Å²) in [4.78, 5) is 7.96. The van der Waals surface area contributed by atoms with Gasteiger partial charge < -0.3 is 5.73 Å². The molecule has 1 heterocycles. The van der Waals surface area contributed by atoms with Crippen LogP contribution < -0.4 is 5.73 Å². The van der Waals surface area contributed by atoms with E-state index in [0.717, 1.165) is 12.1 Å². The van der Waals surface area contributed by atoms with Gasteiger partial charge in [0.25, 0.3) is 0 Å². The molecule has 0 unspecified atom stereocenters. The zero-order chi connectivity index (χ0) is 13.3. The first-order valence-corrected chi connectivity index (χ1v) is 5.63. The van der Waals surface area contributed by atoms with E-state index in [0.29, 0.717) is 10.0 Å². The molecular weight excluding hydrogens is 311 g/mol. The lowest BCUT2D eigenvalue weighted by molar-refractivity contribution is -0.137. The minimum Gasteiger partial charge on any atom is -0.383 e. The topological polar surface area (TPSA) is 51.8 Å². The minimum absolute atomic E-state index is 0.236. The maximum atomic E-state index is 12.4. The number of hydrogen-bond acceptors (Lipinski definition) is 3. The highest BCUT2D eigenvalue weighted by Crippen LogP contribution is 2.30. The Bertz CT molecular complexity index is 567. The average Bonchev–Trinajstić information content (AvgIpc) is 2.32. The van der Waals surface area contributed by atoms with Gasteiger partial charge in [-0.1, -0.05) is 12.1 Å². The van der Waals surface area contributed by atoms with Crippen molar-refractivity contribution < 1.29 is 13.2 Å². The van der Waals surface area contributed by atoms with E-state index in [4.69, 9.17) is 5.73 Å². The van der Waals surface area contributed by atoms with Crippen LogP contribution in [0, 0.1) is 0 Å². The van der Waals surface area contributed by atoms with Crippen molar-refractivity contribution in [3.05, 3.63) is 40.5 Å². The first-order chi connectivity index (χ1) is 8.38. The third kappa shape index (κ3) is 2.61. The van der Waals surface area contributed by atoms with E-state index in [1.807, 2.05) is 0 Å². The Morgan fingerprint density at radius 2 is 1.72 bits per heavy atom. The van der Waals surface area contributed by atoms with E-state index in [9.17, 15) is 13.2 Å². The molecule has 0 atom stereocenters. The molecule has 0 saturated carbocycles. The highest BCUT2D eigenvalue weighted by Gasteiger charge is 2.30. The fourth-order valence-corrected chi connectivity index (χ4v) is 1.52. The second-order valence-electron chi connectivity index (χ2n) is 3.50. The monoisotopic (exact) mass is 317 g/mol. The van der Waals surface area contributed by atoms with Gasteiger partial charge in [0.05, 0.1) is 10.0 Å². The summed E-state index contributed by atoms with van der Waals surface area (Å²) in [5.41, 5.74) is 5.34. The second kappa shape index (κ2) is 4.56. The molecule has 0 aliphatic carbocycles. The number of nitrogens with zero attached hydrogens (tertiary/aromatic N) is 2. The van der Waals surface area contributed by atoms with E-state index in [2.05, 4.69) is 25.9 Å². The number of alkyl halides is 3. The number of anilines is 1. The van der Waals surface area contributed by atoms with Crippen molar-refractivity contribution in [2.75, 3.05) is 5.73 Å². The lowest BCUT2D eigenvalue weighted by Gasteiger charge is -2.07. The van der Waals surface area contributed by atoms with E-state index in [-0.39, 0.29) is 11.6 Å². The van der Waals surface area contributed by atoms with Gasteiger partial charge in [-0.3, -0.25) is 0 Å². The number of aromatic nitrogens is 2. The van der Waals surface area contributed by atoms with E-state index in [1.165, 1.54) is 18.3 Å². The van der Waals surface area contributed by atoms with Gasteiger partial charge >= 0.3 is 6.18 Å². The number of nitrogen functional groups attached to an aromatic ring is 1. The normalized spacial score (nSPS) is 11.6. The van der Waals surface area contributed by atoms with Crippen LogP contribution in [0.4, 0.5) is 19.0 Å². The maximum Gasteiger partial charge on any atom is 0.416 e. The molecule has 0 fully saturated rings. The Balaban J connectivity index is 2.37. The molecule has 3 nitrogen and oxygen atoms in total. The predicted molar refractivity (Wildman–Crippen MR) is 64.6 cm³/mol. The standard InChI is InChI=1S/C11H7BrF3N3/c12-8-5-17-10(18-9(8)16)6-1-3-7(4-2-6)11(13,14)15/h1-5H,(H2,16,17,18). The van der Waals surface area contributed by atoms with Crippen molar-refractivity contribution in [1.82, 2.24) is 9.97 Å². The molecule has 1 aromatic carbocycles. The molecule has 0 aliphatic rings. The minimum atomic E-state index is -4.35. The summed E-state index contributed by atoms with van der Waals surface area (Å²) in [6.07, 6.45) is -2.90. The second-order valence-corrected chi connectivity index (χ2v) is 4.36. The molecule has 2 aromatic rings. The zero-order valence-electron chi connectivity index (χ0n) is 8.87. The maximum absolute atomic E-state index is 12.4. The Morgan fingerprint density at radius 3 is 2.22 bits per heavy atom. The highest BCUT2D eigenvalue weighted by atomic mass is 79.9. The number of benzene rings is 1. The Labute approximate surface area is 109 Å². The van der Waals surface area contributed by atoms with Gasteiger partial charge in [-0.05, 0) is 28.1 Å². The summed E-state index contributed by atoms with van der Waals surface area (Å²) >= 11 is 3.14. The molecule has 18 heavy (non-hydrogen) atoms. The SMILES string of the molecule is Nc1nc(-c2ccc(C(F)(F)F)cc2)ncc1Br. The van der Waals surface area contributed by atoms with E-state index >= 15 is 0 Å². The van der Waals surface area contributed by atoms with Crippen LogP contribution in [0.15, 0.2) is 34.9 Å². The fourth-order valence-electron chi connectivity index (χ4n) is 1.33. The number of halogens is 4. The van der Waals surface area contributed by atoms with Crippen LogP contribution in [-0.2, 0) is 6.18 Å². The average molecular weight is 318 g/mol. The Kier molecular flexibility index (Phi) is 3.25. The van der Waals surface area contributed by atoms with Gasteiger partial charge in [-0.25, -0.2) is 9.97 Å². The van der Waals surface area contributed by atoms with Crippen molar-refractivity contribution in [2.45, 2.75) is 6.18 Å². The quantitative estimate of drug-likeness (QED) is 0.875. The molecule has 2 rings (SSSR count). The molecular formula is C11H7BrF3N3. The van der Waals surface area contributed by atoms with Crippen molar-refractivity contribution >= 4 is 21.7 Å². The predicted octanol–water partition coefficient (Wildman–Crippen LogP) is 3.51. The summed E-state index contributed by atoms with van der Waals surface area (Å²) in [5, 5.41) is 0. The third-order valence-electron chi connectivity index (χ3n) is 2.24. The van der Waals surface area contributed by atoms with Gasteiger partial charge in [-0.15, -0.1) is 0 Å². The van der Waals surface area contributed by atoms with Crippen LogP contribution in [0.5, 0.6) is 0 Å². The third-order valence-corrected chi connectivity index (χ3v) is 2.85. The summed E-state index contributed by atoms with van der Waals surface area (Å²) in [6, 6.07) is 4.59. The van der Waals surface area contributed by atoms with Gasteiger partial charge in [0, 0.05) is 11.8 Å². The van der Waals surface area contributed by atoms with Gasteiger partial charge in [0.1, 0.15) is 5.82 Å². The largest absolute Gasteiger partial charge is 0.416 e. The lowest BCUT2D eigenvalue weighted by Crippen LogP contribution is -2.04. The summed E-state index contributed by atoms with van der Waals surface area (Å²) in [5.74, 6) is 0.518. The van der Waals surface area contributed by atoms with Gasteiger partial charge in [-0.2, -0.15) is 13.2 Å². The van der Waals surface area contributed by atoms with Crippen LogP contribution in [0.3, 0.4) is 0 Å². The molecule has 94 valence electrons. The van der Waals surface area contributed by atoms with E-state index in [1.54, 1.807) is 0 Å². The summed E-state index contributed by atoms with van der Waals surface area (Å²) in [6.45, 7) is 0. The van der Waals surface area contributed by atoms with Crippen LogP contribution >= 0.6 is 15.9 Å². The zero-order valence-corrected chi connectivity index (χ0v) is 10.5. The summed E-state index contributed by atoms with van der Waals surface area (Å²) < 4.78 is 37.7. The van der Waals surface area contributed by atoms with Crippen molar-refractivity contribution in [1.29, 1.82) is 0 Å². The Morgan fingerprint density at radius 1 is 1.11 bits per heavy atom. The first-order valence-electron chi connectivity index (χ1n) is 4.83. The molecule has 2 N–H and O–H groups in total. The fraction of sp³-hybridized carbons (Fsp3) is 0.0909. The molecule has 0 aliphatic heterocycles. The van der Waals surface area contributed by atoms with Crippen molar-refractivity contribution in [3.63, 3.8) is 0 Å². The van der Waals surface area contributed by atoms with Crippen LogP contribution in [-0.4, -0.2) is 9.97 Å². The number of nitrogens with two attached hydrogens (primary N) is 1. The van der Waals surface area contributed by atoms with Crippen molar-refractivity contribution in [2.24, 2.45) is 0 Å². The van der Waals surface area contributed by atoms with Crippen LogP contribution in [0.2, 0.25) is 0 Å². The molecule has 0 saturated heterocycles. The van der Waals surface area contributed by atoms with Crippen molar-refractivity contribution in [3.8, 4) is 11.4 Å². The molecule has 7 heteroatoms. The number of rotatable bonds is 1. The van der Waals surface area contributed by atoms with E-state index < -0.39 is 11.7 Å². The first kappa shape index (κ1) is 12.8. The molecule has 0 amide bonds. The van der Waals surface area contributed by atoms with Gasteiger partial charge in [0.15, 0.2) is 5.82 Å². The molecule has 1 aromatic heterocycles. The van der Waals surface area contributed by atoms with Crippen LogP contribution in [0.1, 0.15) is 5.56 Å². The molecule has 0 spiro atoms. The van der Waals surface area contributed by atoms with Gasteiger partial charge in [0.2, 0.25) is 0 Å². The molecule has 0 bridgehead atoms. The highest BCUT2D eigenvalue weighted by molar-refractivity contribution is 9.10. The number of hydrogen-bond donors (Lipinski definition) is 1.